The molecular formula is C20H29N3O3. The molecule has 2 fully saturated rings. The van der Waals surface area contributed by atoms with Gasteiger partial charge in [0.05, 0.1) is 0 Å². The summed E-state index contributed by atoms with van der Waals surface area (Å²) >= 11 is 0. The standard InChI is InChI=1S/C20H29N3O3/c1-20(11-7-12-20)15-21-18(24)23-13-6-5-10-17(23)22-19(25)26-14-16-8-3-2-4-9-16/h2-4,8-9,17H,5-7,10-15H2,1H3,(H,21,24)(H,22,25). The zero-order valence-corrected chi connectivity index (χ0v) is 15.5. The summed E-state index contributed by atoms with van der Waals surface area (Å²) < 4.78 is 5.29. The van der Waals surface area contributed by atoms with Crippen LogP contribution in [0.5, 0.6) is 0 Å². The number of likely N-dealkylation sites (tertiary alicyclic amines) is 1. The maximum Gasteiger partial charge on any atom is 0.409 e. The van der Waals surface area contributed by atoms with Crippen molar-refractivity contribution in [2.24, 2.45) is 5.41 Å². The Kier molecular flexibility index (Phi) is 6.01. The Morgan fingerprint density at radius 1 is 1.19 bits per heavy atom. The number of ether oxygens (including phenoxy) is 1. The lowest BCUT2D eigenvalue weighted by Crippen LogP contribution is -2.57. The quantitative estimate of drug-likeness (QED) is 0.843. The van der Waals surface area contributed by atoms with E-state index in [0.717, 1.165) is 24.8 Å². The predicted octanol–water partition coefficient (Wildman–Crippen LogP) is 3.62. The molecule has 0 radical (unpaired) electrons. The fourth-order valence-electron chi connectivity index (χ4n) is 3.57. The second-order valence-corrected chi connectivity index (χ2v) is 7.73. The van der Waals surface area contributed by atoms with E-state index < -0.39 is 6.09 Å². The molecule has 1 unspecified atom stereocenters. The number of carbonyl (C=O) groups is 2. The van der Waals surface area contributed by atoms with Gasteiger partial charge in [0.25, 0.3) is 0 Å². The molecule has 1 heterocycles. The van der Waals surface area contributed by atoms with Gasteiger partial charge in [0.2, 0.25) is 0 Å². The first kappa shape index (κ1) is 18.5. The van der Waals surface area contributed by atoms with Crippen molar-refractivity contribution in [2.75, 3.05) is 13.1 Å². The largest absolute Gasteiger partial charge is 0.445 e. The first-order valence-electron chi connectivity index (χ1n) is 9.57. The summed E-state index contributed by atoms with van der Waals surface area (Å²) in [6.45, 7) is 3.80. The van der Waals surface area contributed by atoms with Crippen molar-refractivity contribution >= 4 is 12.1 Å². The second-order valence-electron chi connectivity index (χ2n) is 7.73. The van der Waals surface area contributed by atoms with Crippen LogP contribution in [0, 0.1) is 5.41 Å². The molecule has 26 heavy (non-hydrogen) atoms. The van der Waals surface area contributed by atoms with Gasteiger partial charge in [-0.3, -0.25) is 0 Å². The fraction of sp³-hybridized carbons (Fsp3) is 0.600. The van der Waals surface area contributed by atoms with Crippen molar-refractivity contribution in [1.29, 1.82) is 0 Å². The molecule has 2 aliphatic rings. The summed E-state index contributed by atoms with van der Waals surface area (Å²) in [5.41, 5.74) is 1.18. The number of alkyl carbamates (subject to hydrolysis) is 1. The summed E-state index contributed by atoms with van der Waals surface area (Å²) in [7, 11) is 0. The fourth-order valence-corrected chi connectivity index (χ4v) is 3.57. The van der Waals surface area contributed by atoms with Crippen LogP contribution in [-0.4, -0.2) is 36.3 Å². The molecule has 1 aliphatic heterocycles. The number of rotatable bonds is 5. The van der Waals surface area contributed by atoms with E-state index in [1.54, 1.807) is 4.90 Å². The number of hydrogen-bond acceptors (Lipinski definition) is 3. The average Bonchev–Trinajstić information content (AvgIpc) is 2.64. The van der Waals surface area contributed by atoms with E-state index in [2.05, 4.69) is 17.6 Å². The van der Waals surface area contributed by atoms with Crippen molar-refractivity contribution in [3.63, 3.8) is 0 Å². The van der Waals surface area contributed by atoms with Gasteiger partial charge in [0.1, 0.15) is 12.8 Å². The summed E-state index contributed by atoms with van der Waals surface area (Å²) in [6, 6.07) is 9.47. The Bertz CT molecular complexity index is 616. The number of amides is 3. The van der Waals surface area contributed by atoms with Gasteiger partial charge in [-0.1, -0.05) is 43.7 Å². The Balaban J connectivity index is 1.47. The molecule has 1 aromatic rings. The number of nitrogens with zero attached hydrogens (tertiary/aromatic N) is 1. The maximum atomic E-state index is 12.6. The molecule has 0 spiro atoms. The summed E-state index contributed by atoms with van der Waals surface area (Å²) in [6.07, 6.45) is 5.50. The molecule has 3 rings (SSSR count). The van der Waals surface area contributed by atoms with Crippen LogP contribution in [0.25, 0.3) is 0 Å². The van der Waals surface area contributed by atoms with Crippen LogP contribution in [0.4, 0.5) is 9.59 Å². The van der Waals surface area contributed by atoms with E-state index in [0.29, 0.717) is 13.1 Å². The van der Waals surface area contributed by atoms with Crippen molar-refractivity contribution < 1.29 is 14.3 Å². The SMILES string of the molecule is CC1(CNC(=O)N2CCCCC2NC(=O)OCc2ccccc2)CCC1. The van der Waals surface area contributed by atoms with Gasteiger partial charge in [0, 0.05) is 13.1 Å². The van der Waals surface area contributed by atoms with Crippen LogP contribution in [0.15, 0.2) is 30.3 Å². The van der Waals surface area contributed by atoms with Gasteiger partial charge >= 0.3 is 12.1 Å². The first-order valence-corrected chi connectivity index (χ1v) is 9.57. The predicted molar refractivity (Wildman–Crippen MR) is 99.5 cm³/mol. The van der Waals surface area contributed by atoms with Crippen LogP contribution >= 0.6 is 0 Å². The Hall–Kier alpha value is -2.24. The second kappa shape index (κ2) is 8.43. The van der Waals surface area contributed by atoms with Crippen LogP contribution in [0.3, 0.4) is 0 Å². The maximum absolute atomic E-state index is 12.6. The lowest BCUT2D eigenvalue weighted by Gasteiger charge is -2.40. The van der Waals surface area contributed by atoms with Crippen LogP contribution in [0.2, 0.25) is 0 Å². The molecule has 1 aliphatic carbocycles. The third-order valence-corrected chi connectivity index (χ3v) is 5.49. The molecular weight excluding hydrogens is 330 g/mol. The van der Waals surface area contributed by atoms with Gasteiger partial charge in [-0.05, 0) is 43.1 Å². The van der Waals surface area contributed by atoms with E-state index in [1.807, 2.05) is 30.3 Å². The smallest absolute Gasteiger partial charge is 0.409 e. The minimum atomic E-state index is -0.482. The van der Waals surface area contributed by atoms with Gasteiger partial charge in [0.15, 0.2) is 0 Å². The minimum absolute atomic E-state index is 0.0915. The summed E-state index contributed by atoms with van der Waals surface area (Å²) in [4.78, 5) is 26.4. The normalized spacial score (nSPS) is 21.4. The molecule has 2 N–H and O–H groups in total. The molecule has 1 saturated carbocycles. The molecule has 1 atom stereocenters. The van der Waals surface area contributed by atoms with E-state index in [9.17, 15) is 9.59 Å². The highest BCUT2D eigenvalue weighted by Gasteiger charge is 2.34. The third kappa shape index (κ3) is 4.90. The van der Waals surface area contributed by atoms with Gasteiger partial charge in [-0.2, -0.15) is 0 Å². The van der Waals surface area contributed by atoms with Crippen molar-refractivity contribution in [1.82, 2.24) is 15.5 Å². The Morgan fingerprint density at radius 3 is 2.65 bits per heavy atom. The number of piperidine rings is 1. The number of benzene rings is 1. The van der Waals surface area contributed by atoms with Crippen molar-refractivity contribution in [2.45, 2.75) is 58.2 Å². The minimum Gasteiger partial charge on any atom is -0.445 e. The van der Waals surface area contributed by atoms with E-state index in [4.69, 9.17) is 4.74 Å². The van der Waals surface area contributed by atoms with Crippen molar-refractivity contribution in [3.8, 4) is 0 Å². The zero-order valence-electron chi connectivity index (χ0n) is 15.5. The first-order chi connectivity index (χ1) is 12.6. The zero-order chi connectivity index (χ0) is 18.4. The van der Waals surface area contributed by atoms with Gasteiger partial charge < -0.3 is 20.3 Å². The number of hydrogen-bond donors (Lipinski definition) is 2. The van der Waals surface area contributed by atoms with E-state index in [1.165, 1.54) is 19.3 Å². The van der Waals surface area contributed by atoms with Crippen molar-refractivity contribution in [3.05, 3.63) is 35.9 Å². The van der Waals surface area contributed by atoms with Crippen LogP contribution < -0.4 is 10.6 Å². The van der Waals surface area contributed by atoms with E-state index >= 15 is 0 Å². The highest BCUT2D eigenvalue weighted by atomic mass is 16.5. The third-order valence-electron chi connectivity index (χ3n) is 5.49. The monoisotopic (exact) mass is 359 g/mol. The lowest BCUT2D eigenvalue weighted by atomic mass is 9.70. The molecule has 1 aromatic carbocycles. The van der Waals surface area contributed by atoms with E-state index in [-0.39, 0.29) is 24.2 Å². The molecule has 6 nitrogen and oxygen atoms in total. The lowest BCUT2D eigenvalue weighted by molar-refractivity contribution is 0.0982. The average molecular weight is 359 g/mol. The molecule has 0 aromatic heterocycles. The van der Waals surface area contributed by atoms with Gasteiger partial charge in [-0.15, -0.1) is 0 Å². The summed E-state index contributed by atoms with van der Waals surface area (Å²) in [5, 5.41) is 5.90. The van der Waals surface area contributed by atoms with Crippen LogP contribution in [0.1, 0.15) is 51.0 Å². The molecule has 0 bridgehead atoms. The number of carbonyl (C=O) groups excluding carboxylic acids is 2. The molecule has 1 saturated heterocycles. The Morgan fingerprint density at radius 2 is 1.96 bits per heavy atom. The van der Waals surface area contributed by atoms with Gasteiger partial charge in [-0.25, -0.2) is 9.59 Å². The number of urea groups is 1. The molecule has 3 amide bonds. The number of nitrogens with one attached hydrogen (secondary N) is 2. The highest BCUT2D eigenvalue weighted by Crippen LogP contribution is 2.39. The topological polar surface area (TPSA) is 70.7 Å². The molecule has 6 heteroatoms. The summed E-state index contributed by atoms with van der Waals surface area (Å²) in [5.74, 6) is 0. The van der Waals surface area contributed by atoms with Crippen LogP contribution in [-0.2, 0) is 11.3 Å². The highest BCUT2D eigenvalue weighted by molar-refractivity contribution is 5.76. The molecule has 142 valence electrons. The Labute approximate surface area is 155 Å².